The maximum Gasteiger partial charge on any atom is 0.275 e. The van der Waals surface area contributed by atoms with Crippen molar-refractivity contribution in [3.63, 3.8) is 0 Å². The molecule has 0 radical (unpaired) electrons. The van der Waals surface area contributed by atoms with Crippen LogP contribution in [0.4, 0.5) is 5.69 Å². The fourth-order valence-corrected chi connectivity index (χ4v) is 3.07. The first-order valence-corrected chi connectivity index (χ1v) is 8.08. The van der Waals surface area contributed by atoms with Crippen molar-refractivity contribution in [2.75, 3.05) is 0 Å². The molecule has 0 spiro atoms. The second kappa shape index (κ2) is 5.65. The van der Waals surface area contributed by atoms with E-state index in [1.54, 1.807) is 24.4 Å². The lowest BCUT2D eigenvalue weighted by Crippen LogP contribution is -2.05. The predicted octanol–water partition coefficient (Wildman–Crippen LogP) is 3.89. The highest BCUT2D eigenvalue weighted by Crippen LogP contribution is 2.33. The predicted molar refractivity (Wildman–Crippen MR) is 98.2 cm³/mol. The summed E-state index contributed by atoms with van der Waals surface area (Å²) in [4.78, 5) is 16.6. The number of rotatable bonds is 2. The monoisotopic (exact) mass is 381 g/mol. The van der Waals surface area contributed by atoms with Gasteiger partial charge in [-0.25, -0.2) is 4.68 Å². The fourth-order valence-electron chi connectivity index (χ4n) is 2.68. The van der Waals surface area contributed by atoms with Crippen LogP contribution in [0.25, 0.3) is 17.3 Å². The number of halogens is 1. The minimum absolute atomic E-state index is 0.136. The Bertz CT molecular complexity index is 1060. The van der Waals surface area contributed by atoms with Gasteiger partial charge in [-0.1, -0.05) is 40.2 Å². The number of aromatic nitrogens is 2. The Balaban J connectivity index is 1.83. The van der Waals surface area contributed by atoms with Crippen LogP contribution in [-0.4, -0.2) is 21.1 Å². The molecule has 0 fully saturated rings. The summed E-state index contributed by atoms with van der Waals surface area (Å²) in [5.41, 5.74) is 3.07. The molecule has 6 heteroatoms. The molecule has 3 aromatic rings. The van der Waals surface area contributed by atoms with E-state index >= 15 is 0 Å². The van der Waals surface area contributed by atoms with Crippen molar-refractivity contribution >= 4 is 39.5 Å². The molecule has 5 nitrogen and oxygen atoms in total. The van der Waals surface area contributed by atoms with Crippen LogP contribution in [0.15, 0.2) is 62.8 Å². The van der Waals surface area contributed by atoms with Gasteiger partial charge in [-0.05, 0) is 30.3 Å². The van der Waals surface area contributed by atoms with Crippen LogP contribution in [0, 0.1) is 0 Å². The molecule has 118 valence electrons. The molecule has 24 heavy (non-hydrogen) atoms. The first-order chi connectivity index (χ1) is 11.6. The van der Waals surface area contributed by atoms with Gasteiger partial charge in [0.05, 0.1) is 11.4 Å². The average Bonchev–Trinajstić information content (AvgIpc) is 3.11. The van der Waals surface area contributed by atoms with E-state index in [-0.39, 0.29) is 17.0 Å². The number of hydrogen-bond donors (Lipinski definition) is 2. The third kappa shape index (κ3) is 2.41. The number of nitrogens with zero attached hydrogens (tertiary/aromatic N) is 2. The molecule has 0 unspecified atom stereocenters. The largest absolute Gasteiger partial charge is 0.493 e. The lowest BCUT2D eigenvalue weighted by molar-refractivity contribution is 0.432. The zero-order valence-corrected chi connectivity index (χ0v) is 14.0. The summed E-state index contributed by atoms with van der Waals surface area (Å²) in [6.45, 7) is 0. The van der Waals surface area contributed by atoms with Gasteiger partial charge in [-0.3, -0.25) is 14.9 Å². The van der Waals surface area contributed by atoms with Crippen LogP contribution in [0.2, 0.25) is 0 Å². The first kappa shape index (κ1) is 14.7. The number of aromatic amines is 1. The van der Waals surface area contributed by atoms with E-state index in [1.165, 1.54) is 4.68 Å². The van der Waals surface area contributed by atoms with Crippen LogP contribution >= 0.6 is 15.9 Å². The first-order valence-electron chi connectivity index (χ1n) is 7.28. The van der Waals surface area contributed by atoms with Gasteiger partial charge in [0.2, 0.25) is 5.88 Å². The third-order valence-corrected chi connectivity index (χ3v) is 4.33. The summed E-state index contributed by atoms with van der Waals surface area (Å²) in [6.07, 6.45) is 3.35. The van der Waals surface area contributed by atoms with Gasteiger partial charge in [0, 0.05) is 21.8 Å². The summed E-state index contributed by atoms with van der Waals surface area (Å²) in [5.74, 6) is -0.136. The molecule has 2 aromatic carbocycles. The van der Waals surface area contributed by atoms with Crippen LogP contribution in [0.5, 0.6) is 5.88 Å². The van der Waals surface area contributed by atoms with Crippen molar-refractivity contribution < 1.29 is 5.11 Å². The highest BCUT2D eigenvalue weighted by Gasteiger charge is 2.17. The number of H-pyrrole nitrogens is 1. The molecule has 0 saturated carbocycles. The number of aliphatic imine (C=N–C) groups is 1. The number of nitrogens with one attached hydrogen (secondary N) is 1. The topological polar surface area (TPSA) is 70.4 Å². The standard InChI is InChI=1S/C18H12BrN3O2/c19-12-4-3-5-13(9-12)22-18(24)15(17(23)21-22)8-11-10-20-16-7-2-1-6-14(11)16/h1-10,24H,(H,21,23)/b11-8-. The molecule has 2 heterocycles. The second-order valence-electron chi connectivity index (χ2n) is 5.37. The molecule has 4 rings (SSSR count). The van der Waals surface area contributed by atoms with Gasteiger partial charge >= 0.3 is 0 Å². The normalized spacial score (nSPS) is 14.3. The Morgan fingerprint density at radius 2 is 2.00 bits per heavy atom. The fraction of sp³-hybridized carbons (Fsp3) is 0. The van der Waals surface area contributed by atoms with Crippen molar-refractivity contribution in [1.29, 1.82) is 0 Å². The third-order valence-electron chi connectivity index (χ3n) is 3.83. The lowest BCUT2D eigenvalue weighted by Gasteiger charge is -2.04. The average molecular weight is 382 g/mol. The van der Waals surface area contributed by atoms with E-state index in [0.29, 0.717) is 5.69 Å². The van der Waals surface area contributed by atoms with Gasteiger partial charge in [0.1, 0.15) is 5.56 Å². The molecular weight excluding hydrogens is 370 g/mol. The molecule has 0 saturated heterocycles. The molecule has 2 N–H and O–H groups in total. The highest BCUT2D eigenvalue weighted by molar-refractivity contribution is 9.10. The molecule has 0 atom stereocenters. The smallest absolute Gasteiger partial charge is 0.275 e. The summed E-state index contributed by atoms with van der Waals surface area (Å²) < 4.78 is 2.21. The van der Waals surface area contributed by atoms with E-state index < -0.39 is 0 Å². The minimum atomic E-state index is -0.363. The number of allylic oxidation sites excluding steroid dienone is 1. The highest BCUT2D eigenvalue weighted by atomic mass is 79.9. The minimum Gasteiger partial charge on any atom is -0.493 e. The molecule has 0 amide bonds. The zero-order valence-electron chi connectivity index (χ0n) is 12.4. The van der Waals surface area contributed by atoms with Crippen LogP contribution < -0.4 is 5.56 Å². The lowest BCUT2D eigenvalue weighted by atomic mass is 10.1. The van der Waals surface area contributed by atoms with Crippen molar-refractivity contribution in [3.8, 4) is 11.6 Å². The summed E-state index contributed by atoms with van der Waals surface area (Å²) in [6, 6.07) is 15.0. The van der Waals surface area contributed by atoms with Crippen molar-refractivity contribution in [2.24, 2.45) is 4.99 Å². The van der Waals surface area contributed by atoms with Crippen molar-refractivity contribution in [2.45, 2.75) is 0 Å². The maximum atomic E-state index is 12.3. The second-order valence-corrected chi connectivity index (χ2v) is 6.28. The van der Waals surface area contributed by atoms with Crippen LogP contribution in [0.3, 0.4) is 0 Å². The van der Waals surface area contributed by atoms with Gasteiger partial charge in [0.15, 0.2) is 0 Å². The molecule has 1 aliphatic heterocycles. The van der Waals surface area contributed by atoms with Gasteiger partial charge in [0.25, 0.3) is 5.56 Å². The number of hydrogen-bond acceptors (Lipinski definition) is 3. The SMILES string of the molecule is O=c1[nH]n(-c2cccc(Br)c2)c(O)c1/C=C1/C=Nc2ccccc21. The number of aromatic hydroxyl groups is 1. The molecular formula is C18H12BrN3O2. The molecule has 0 bridgehead atoms. The Hall–Kier alpha value is -2.86. The number of benzene rings is 2. The van der Waals surface area contributed by atoms with Crippen LogP contribution in [0.1, 0.15) is 11.1 Å². The van der Waals surface area contributed by atoms with Crippen molar-refractivity contribution in [1.82, 2.24) is 9.78 Å². The Labute approximate surface area is 145 Å². The van der Waals surface area contributed by atoms with E-state index in [9.17, 15) is 9.90 Å². The Morgan fingerprint density at radius 1 is 1.17 bits per heavy atom. The summed E-state index contributed by atoms with van der Waals surface area (Å²) in [7, 11) is 0. The molecule has 1 aromatic heterocycles. The van der Waals surface area contributed by atoms with Gasteiger partial charge in [-0.15, -0.1) is 0 Å². The molecule has 0 aliphatic carbocycles. The maximum absolute atomic E-state index is 12.3. The van der Waals surface area contributed by atoms with Crippen LogP contribution in [-0.2, 0) is 0 Å². The van der Waals surface area contributed by atoms with Crippen molar-refractivity contribution in [3.05, 3.63) is 74.5 Å². The molecule has 1 aliphatic rings. The summed E-state index contributed by atoms with van der Waals surface area (Å²) in [5, 5.41) is 13.1. The number of fused-ring (bicyclic) bond motifs is 1. The Morgan fingerprint density at radius 3 is 2.83 bits per heavy atom. The van der Waals surface area contributed by atoms with Gasteiger partial charge < -0.3 is 5.11 Å². The van der Waals surface area contributed by atoms with Gasteiger partial charge in [-0.2, -0.15) is 0 Å². The Kier molecular flexibility index (Phi) is 3.46. The quantitative estimate of drug-likeness (QED) is 0.706. The van der Waals surface area contributed by atoms with E-state index in [0.717, 1.165) is 21.3 Å². The summed E-state index contributed by atoms with van der Waals surface area (Å²) >= 11 is 3.38. The number of para-hydroxylation sites is 1. The van der Waals surface area contributed by atoms with E-state index in [1.807, 2.05) is 36.4 Å². The van der Waals surface area contributed by atoms with E-state index in [2.05, 4.69) is 26.0 Å². The zero-order chi connectivity index (χ0) is 16.7. The van der Waals surface area contributed by atoms with E-state index in [4.69, 9.17) is 0 Å².